The zero-order chi connectivity index (χ0) is 12.3. The van der Waals surface area contributed by atoms with Crippen LogP contribution in [0.3, 0.4) is 0 Å². The van der Waals surface area contributed by atoms with Gasteiger partial charge in [-0.1, -0.05) is 12.8 Å². The van der Waals surface area contributed by atoms with Gasteiger partial charge in [0.25, 0.3) is 0 Å². The van der Waals surface area contributed by atoms with Crippen molar-refractivity contribution in [1.82, 2.24) is 10.2 Å². The Hall–Kier alpha value is -0.610. The molecule has 4 nitrogen and oxygen atoms in total. The smallest absolute Gasteiger partial charge is 0.239 e. The van der Waals surface area contributed by atoms with E-state index in [-0.39, 0.29) is 18.6 Å². The molecule has 0 aromatic carbocycles. The van der Waals surface area contributed by atoms with Crippen molar-refractivity contribution in [3.63, 3.8) is 0 Å². The molecule has 2 fully saturated rings. The minimum atomic E-state index is -0.0223. The van der Waals surface area contributed by atoms with E-state index in [9.17, 15) is 4.79 Å². The SMILES string of the molecule is CN(CCO)C(=O)C1CCC2CCCCC2N1. The average Bonchev–Trinajstić information content (AvgIpc) is 2.37. The molecular weight excluding hydrogens is 216 g/mol. The molecule has 0 aromatic heterocycles. The highest BCUT2D eigenvalue weighted by molar-refractivity contribution is 5.81. The molecule has 0 aromatic rings. The lowest BCUT2D eigenvalue weighted by Crippen LogP contribution is -2.55. The molecule has 17 heavy (non-hydrogen) atoms. The molecule has 1 heterocycles. The summed E-state index contributed by atoms with van der Waals surface area (Å²) in [6.07, 6.45) is 7.33. The summed E-state index contributed by atoms with van der Waals surface area (Å²) in [6, 6.07) is 0.528. The average molecular weight is 240 g/mol. The maximum absolute atomic E-state index is 12.1. The largest absolute Gasteiger partial charge is 0.395 e. The Morgan fingerprint density at radius 2 is 2.06 bits per heavy atom. The Bertz CT molecular complexity index is 270. The molecule has 0 radical (unpaired) electrons. The Kier molecular flexibility index (Phi) is 4.40. The number of amides is 1. The first-order valence-corrected chi connectivity index (χ1v) is 6.84. The van der Waals surface area contributed by atoms with Crippen molar-refractivity contribution in [2.75, 3.05) is 20.2 Å². The maximum Gasteiger partial charge on any atom is 0.239 e. The van der Waals surface area contributed by atoms with Gasteiger partial charge in [-0.15, -0.1) is 0 Å². The molecule has 2 N–H and O–H groups in total. The third kappa shape index (κ3) is 2.99. The third-order valence-corrected chi connectivity index (χ3v) is 4.26. The fourth-order valence-electron chi connectivity index (χ4n) is 3.22. The molecular formula is C13H24N2O2. The van der Waals surface area contributed by atoms with Crippen LogP contribution in [-0.4, -0.2) is 48.2 Å². The number of rotatable bonds is 3. The van der Waals surface area contributed by atoms with Crippen molar-refractivity contribution >= 4 is 5.91 Å². The fraction of sp³-hybridized carbons (Fsp3) is 0.923. The molecule has 0 spiro atoms. The van der Waals surface area contributed by atoms with Crippen LogP contribution in [0.15, 0.2) is 0 Å². The van der Waals surface area contributed by atoms with Crippen LogP contribution in [0.2, 0.25) is 0 Å². The van der Waals surface area contributed by atoms with Gasteiger partial charge in [-0.3, -0.25) is 4.79 Å². The lowest BCUT2D eigenvalue weighted by molar-refractivity contribution is -0.134. The normalized spacial score (nSPS) is 32.9. The number of carbonyl (C=O) groups is 1. The number of likely N-dealkylation sites (N-methyl/N-ethyl adjacent to an activating group) is 1. The number of carbonyl (C=O) groups excluding carboxylic acids is 1. The molecule has 3 unspecified atom stereocenters. The molecule has 1 saturated carbocycles. The second kappa shape index (κ2) is 5.83. The Labute approximate surface area is 103 Å². The molecule has 1 saturated heterocycles. The monoisotopic (exact) mass is 240 g/mol. The lowest BCUT2D eigenvalue weighted by Gasteiger charge is -2.40. The van der Waals surface area contributed by atoms with Crippen LogP contribution in [0.5, 0.6) is 0 Å². The summed E-state index contributed by atoms with van der Waals surface area (Å²) in [5.74, 6) is 0.930. The number of nitrogens with zero attached hydrogens (tertiary/aromatic N) is 1. The summed E-state index contributed by atoms with van der Waals surface area (Å²) in [5.41, 5.74) is 0. The lowest BCUT2D eigenvalue weighted by atomic mass is 9.77. The van der Waals surface area contributed by atoms with Crippen molar-refractivity contribution in [1.29, 1.82) is 0 Å². The summed E-state index contributed by atoms with van der Waals surface area (Å²) in [4.78, 5) is 13.8. The van der Waals surface area contributed by atoms with E-state index in [4.69, 9.17) is 5.11 Å². The number of piperidine rings is 1. The van der Waals surface area contributed by atoms with E-state index < -0.39 is 0 Å². The van der Waals surface area contributed by atoms with Gasteiger partial charge in [0.05, 0.1) is 12.6 Å². The number of fused-ring (bicyclic) bond motifs is 1. The van der Waals surface area contributed by atoms with Crippen LogP contribution in [0.4, 0.5) is 0 Å². The predicted octanol–water partition coefficient (Wildman–Crippen LogP) is 0.748. The molecule has 1 aliphatic carbocycles. The van der Waals surface area contributed by atoms with E-state index in [0.29, 0.717) is 12.6 Å². The summed E-state index contributed by atoms with van der Waals surface area (Å²) in [7, 11) is 1.77. The van der Waals surface area contributed by atoms with Gasteiger partial charge in [-0.05, 0) is 31.6 Å². The van der Waals surface area contributed by atoms with E-state index in [2.05, 4.69) is 5.32 Å². The summed E-state index contributed by atoms with van der Waals surface area (Å²) in [5, 5.41) is 12.4. The Balaban J connectivity index is 1.88. The predicted molar refractivity (Wildman–Crippen MR) is 66.6 cm³/mol. The molecule has 1 aliphatic heterocycles. The fourth-order valence-corrected chi connectivity index (χ4v) is 3.22. The van der Waals surface area contributed by atoms with E-state index in [1.54, 1.807) is 11.9 Å². The number of hydrogen-bond acceptors (Lipinski definition) is 3. The van der Waals surface area contributed by atoms with Gasteiger partial charge in [0.2, 0.25) is 5.91 Å². The zero-order valence-corrected chi connectivity index (χ0v) is 10.7. The minimum absolute atomic E-state index is 0.0223. The van der Waals surface area contributed by atoms with Crippen molar-refractivity contribution in [3.05, 3.63) is 0 Å². The maximum atomic E-state index is 12.1. The minimum Gasteiger partial charge on any atom is -0.395 e. The van der Waals surface area contributed by atoms with Gasteiger partial charge in [0.1, 0.15) is 0 Å². The van der Waals surface area contributed by atoms with Crippen LogP contribution >= 0.6 is 0 Å². The standard InChI is InChI=1S/C13H24N2O2/c1-15(8-9-16)13(17)12-7-6-10-4-2-3-5-11(10)14-12/h10-12,14,16H,2-9H2,1H3. The number of hydrogen-bond donors (Lipinski definition) is 2. The molecule has 0 bridgehead atoms. The quantitative estimate of drug-likeness (QED) is 0.765. The van der Waals surface area contributed by atoms with E-state index in [0.717, 1.165) is 12.3 Å². The van der Waals surface area contributed by atoms with Gasteiger partial charge in [-0.25, -0.2) is 0 Å². The van der Waals surface area contributed by atoms with Crippen LogP contribution < -0.4 is 5.32 Å². The van der Waals surface area contributed by atoms with Crippen molar-refractivity contribution in [2.45, 2.75) is 50.6 Å². The highest BCUT2D eigenvalue weighted by Gasteiger charge is 2.35. The number of aliphatic hydroxyl groups excluding tert-OH is 1. The van der Waals surface area contributed by atoms with Crippen molar-refractivity contribution in [2.24, 2.45) is 5.92 Å². The first-order valence-electron chi connectivity index (χ1n) is 6.84. The third-order valence-electron chi connectivity index (χ3n) is 4.26. The summed E-state index contributed by atoms with van der Waals surface area (Å²) in [6.45, 7) is 0.478. The molecule has 98 valence electrons. The Morgan fingerprint density at radius 1 is 1.29 bits per heavy atom. The first kappa shape index (κ1) is 12.8. The Morgan fingerprint density at radius 3 is 2.82 bits per heavy atom. The van der Waals surface area contributed by atoms with Crippen molar-refractivity contribution < 1.29 is 9.90 Å². The van der Waals surface area contributed by atoms with Crippen molar-refractivity contribution in [3.8, 4) is 0 Å². The zero-order valence-electron chi connectivity index (χ0n) is 10.7. The second-order valence-corrected chi connectivity index (χ2v) is 5.43. The molecule has 1 amide bonds. The first-order chi connectivity index (χ1) is 8.22. The van der Waals surface area contributed by atoms with E-state index in [1.807, 2.05) is 0 Å². The molecule has 2 rings (SSSR count). The topological polar surface area (TPSA) is 52.6 Å². The van der Waals surface area contributed by atoms with Gasteiger partial charge >= 0.3 is 0 Å². The summed E-state index contributed by atoms with van der Waals surface area (Å²) < 4.78 is 0. The van der Waals surface area contributed by atoms with Crippen LogP contribution in [-0.2, 0) is 4.79 Å². The summed E-state index contributed by atoms with van der Waals surface area (Å²) >= 11 is 0. The van der Waals surface area contributed by atoms with Crippen LogP contribution in [0.25, 0.3) is 0 Å². The highest BCUT2D eigenvalue weighted by Crippen LogP contribution is 2.32. The highest BCUT2D eigenvalue weighted by atomic mass is 16.3. The number of nitrogens with one attached hydrogen (secondary N) is 1. The van der Waals surface area contributed by atoms with Crippen LogP contribution in [0, 0.1) is 5.92 Å². The molecule has 2 aliphatic rings. The van der Waals surface area contributed by atoms with Gasteiger partial charge in [-0.2, -0.15) is 0 Å². The van der Waals surface area contributed by atoms with Crippen LogP contribution in [0.1, 0.15) is 38.5 Å². The van der Waals surface area contributed by atoms with Gasteiger partial charge < -0.3 is 15.3 Å². The van der Waals surface area contributed by atoms with Gasteiger partial charge in [0.15, 0.2) is 0 Å². The van der Waals surface area contributed by atoms with E-state index in [1.165, 1.54) is 32.1 Å². The van der Waals surface area contributed by atoms with Gasteiger partial charge in [0, 0.05) is 19.6 Å². The second-order valence-electron chi connectivity index (χ2n) is 5.43. The van der Waals surface area contributed by atoms with E-state index >= 15 is 0 Å². The molecule has 4 heteroatoms. The molecule has 3 atom stereocenters. The number of aliphatic hydroxyl groups is 1.